The molecule has 0 radical (unpaired) electrons. The summed E-state index contributed by atoms with van der Waals surface area (Å²) >= 11 is 0. The number of nitrogens with zero attached hydrogens (tertiary/aromatic N) is 2. The number of pyridine rings is 1. The third-order valence-electron chi connectivity index (χ3n) is 5.39. The molecule has 5 rings (SSSR count). The number of carbonyl (C=O) groups excluding carboxylic acids is 1. The second-order valence-electron chi connectivity index (χ2n) is 7.56. The fraction of sp³-hybridized carbons (Fsp3) is 0.125. The first-order valence-electron chi connectivity index (χ1n) is 10.3. The van der Waals surface area contributed by atoms with Crippen LogP contribution in [0.1, 0.15) is 23.2 Å². The van der Waals surface area contributed by atoms with Crippen molar-refractivity contribution in [1.29, 1.82) is 0 Å². The molecule has 7 nitrogen and oxygen atoms in total. The maximum Gasteiger partial charge on any atom is 0.262 e. The highest BCUT2D eigenvalue weighted by atomic mass is 32.2. The van der Waals surface area contributed by atoms with Crippen LogP contribution >= 0.6 is 0 Å². The Bertz CT molecular complexity index is 1500. The Labute approximate surface area is 185 Å². The van der Waals surface area contributed by atoms with E-state index in [9.17, 15) is 13.2 Å². The molecule has 0 fully saturated rings. The summed E-state index contributed by atoms with van der Waals surface area (Å²) < 4.78 is 27.9. The molecule has 0 spiro atoms. The van der Waals surface area contributed by atoms with Gasteiger partial charge in [-0.1, -0.05) is 36.4 Å². The van der Waals surface area contributed by atoms with Crippen LogP contribution in [0, 0.1) is 0 Å². The zero-order chi connectivity index (χ0) is 22.1. The molecule has 4 aromatic rings. The predicted molar refractivity (Wildman–Crippen MR) is 126 cm³/mol. The molecule has 1 aliphatic rings. The normalized spacial score (nSPS) is 13.8. The Morgan fingerprint density at radius 2 is 1.78 bits per heavy atom. The van der Waals surface area contributed by atoms with Gasteiger partial charge in [-0.3, -0.25) is 19.5 Å². The number of hydrogen-bond acceptors (Lipinski definition) is 5. The quantitative estimate of drug-likeness (QED) is 0.463. The number of carbonyl (C=O) groups is 1. The van der Waals surface area contributed by atoms with Crippen molar-refractivity contribution in [2.45, 2.75) is 17.7 Å². The van der Waals surface area contributed by atoms with E-state index in [0.29, 0.717) is 35.6 Å². The summed E-state index contributed by atoms with van der Waals surface area (Å²) in [4.78, 5) is 21.8. The van der Waals surface area contributed by atoms with Gasteiger partial charge < -0.3 is 5.32 Å². The number of fused-ring (bicyclic) bond motifs is 3. The molecule has 32 heavy (non-hydrogen) atoms. The van der Waals surface area contributed by atoms with Crippen LogP contribution in [-0.2, 0) is 10.0 Å². The highest BCUT2D eigenvalue weighted by Gasteiger charge is 2.20. The van der Waals surface area contributed by atoms with Crippen molar-refractivity contribution < 1.29 is 13.2 Å². The molecule has 1 amide bonds. The second-order valence-corrected chi connectivity index (χ2v) is 9.25. The molecule has 0 unspecified atom stereocenters. The summed E-state index contributed by atoms with van der Waals surface area (Å²) in [5, 5.41) is 5.64. The Balaban J connectivity index is 1.48. The summed E-state index contributed by atoms with van der Waals surface area (Å²) in [6, 6.07) is 19.6. The van der Waals surface area contributed by atoms with E-state index in [2.05, 4.69) is 20.0 Å². The number of aliphatic imine (C=N–C) groups is 1. The minimum absolute atomic E-state index is 0.0615. The number of rotatable bonds is 4. The summed E-state index contributed by atoms with van der Waals surface area (Å²) in [7, 11) is -3.77. The molecule has 8 heteroatoms. The lowest BCUT2D eigenvalue weighted by Gasteiger charge is -2.12. The first-order valence-corrected chi connectivity index (χ1v) is 11.7. The highest BCUT2D eigenvalue weighted by Crippen LogP contribution is 2.28. The number of anilines is 1. The van der Waals surface area contributed by atoms with Crippen LogP contribution in [0.25, 0.3) is 21.7 Å². The minimum Gasteiger partial charge on any atom is -0.322 e. The van der Waals surface area contributed by atoms with Crippen LogP contribution in [0.4, 0.5) is 5.69 Å². The number of aromatic nitrogens is 1. The molecule has 1 aliphatic heterocycles. The van der Waals surface area contributed by atoms with E-state index in [-0.39, 0.29) is 10.8 Å². The molecule has 0 aliphatic carbocycles. The van der Waals surface area contributed by atoms with Gasteiger partial charge in [0.2, 0.25) is 0 Å². The van der Waals surface area contributed by atoms with Gasteiger partial charge in [0.1, 0.15) is 5.84 Å². The van der Waals surface area contributed by atoms with Gasteiger partial charge in [0, 0.05) is 30.2 Å². The lowest BCUT2D eigenvalue weighted by atomic mass is 10.0. The monoisotopic (exact) mass is 444 g/mol. The van der Waals surface area contributed by atoms with Gasteiger partial charge in [-0.05, 0) is 47.5 Å². The molecule has 0 saturated heterocycles. The lowest BCUT2D eigenvalue weighted by molar-refractivity contribution is 0.102. The van der Waals surface area contributed by atoms with Gasteiger partial charge >= 0.3 is 0 Å². The number of amidine groups is 1. The fourth-order valence-corrected chi connectivity index (χ4v) is 5.01. The van der Waals surface area contributed by atoms with Crippen LogP contribution in [-0.4, -0.2) is 31.7 Å². The zero-order valence-corrected chi connectivity index (χ0v) is 17.9. The molecule has 1 aromatic heterocycles. The minimum atomic E-state index is -3.77. The Morgan fingerprint density at radius 1 is 0.938 bits per heavy atom. The van der Waals surface area contributed by atoms with Crippen molar-refractivity contribution in [2.75, 3.05) is 11.9 Å². The summed E-state index contributed by atoms with van der Waals surface area (Å²) in [5.74, 6) is 0.107. The Morgan fingerprint density at radius 3 is 2.62 bits per heavy atom. The third kappa shape index (κ3) is 3.80. The molecular formula is C24H20N4O3S. The third-order valence-corrected chi connectivity index (χ3v) is 6.77. The maximum atomic E-state index is 13.2. The number of amides is 1. The Hall–Kier alpha value is -3.78. The van der Waals surface area contributed by atoms with Crippen molar-refractivity contribution in [2.24, 2.45) is 4.99 Å². The number of sulfonamides is 1. The summed E-state index contributed by atoms with van der Waals surface area (Å²) in [6.45, 7) is 0.627. The average Bonchev–Trinajstić information content (AvgIpc) is 3.31. The predicted octanol–water partition coefficient (Wildman–Crippen LogP) is 4.11. The molecule has 160 valence electrons. The van der Waals surface area contributed by atoms with Gasteiger partial charge in [-0.25, -0.2) is 8.42 Å². The van der Waals surface area contributed by atoms with E-state index < -0.39 is 10.0 Å². The van der Waals surface area contributed by atoms with Gasteiger partial charge in [0.15, 0.2) is 0 Å². The second kappa shape index (κ2) is 8.05. The molecule has 2 heterocycles. The van der Waals surface area contributed by atoms with E-state index in [1.807, 2.05) is 36.4 Å². The van der Waals surface area contributed by atoms with Crippen LogP contribution < -0.4 is 10.0 Å². The summed E-state index contributed by atoms with van der Waals surface area (Å²) in [5.41, 5.74) is 1.39. The fourth-order valence-electron chi connectivity index (χ4n) is 3.88. The summed E-state index contributed by atoms with van der Waals surface area (Å²) in [6.07, 6.45) is 3.10. The van der Waals surface area contributed by atoms with Gasteiger partial charge in [-0.15, -0.1) is 0 Å². The maximum absolute atomic E-state index is 13.2. The van der Waals surface area contributed by atoms with E-state index >= 15 is 0 Å². The molecule has 2 N–H and O–H groups in total. The van der Waals surface area contributed by atoms with Crippen molar-refractivity contribution >= 4 is 49.1 Å². The SMILES string of the molecule is O=C(Nc1cccc(S(=O)(=O)NC2=NCCC2)c1)c1cc2ccccc2c2cccnc12. The first-order chi connectivity index (χ1) is 15.5. The number of benzene rings is 3. The molecular weight excluding hydrogens is 424 g/mol. The highest BCUT2D eigenvalue weighted by molar-refractivity contribution is 7.90. The lowest BCUT2D eigenvalue weighted by Crippen LogP contribution is -2.29. The van der Waals surface area contributed by atoms with E-state index in [1.54, 1.807) is 24.4 Å². The van der Waals surface area contributed by atoms with Gasteiger partial charge in [0.25, 0.3) is 15.9 Å². The van der Waals surface area contributed by atoms with E-state index in [4.69, 9.17) is 0 Å². The van der Waals surface area contributed by atoms with Crippen molar-refractivity contribution in [3.63, 3.8) is 0 Å². The molecule has 0 atom stereocenters. The topological polar surface area (TPSA) is 101 Å². The van der Waals surface area contributed by atoms with Gasteiger partial charge in [0.05, 0.1) is 16.0 Å². The van der Waals surface area contributed by atoms with Crippen LogP contribution in [0.15, 0.2) is 82.8 Å². The standard InChI is InChI=1S/C24H20N4O3S/c29-24(21-14-16-6-1-2-9-19(16)20-10-4-13-26-23(20)21)27-17-7-3-8-18(15-17)32(30,31)28-22-11-5-12-25-22/h1-4,6-10,13-15H,5,11-12H2,(H,25,28)(H,27,29). The molecule has 0 saturated carbocycles. The van der Waals surface area contributed by atoms with Gasteiger partial charge in [-0.2, -0.15) is 0 Å². The van der Waals surface area contributed by atoms with E-state index in [1.165, 1.54) is 12.1 Å². The van der Waals surface area contributed by atoms with E-state index in [0.717, 1.165) is 22.6 Å². The molecule has 3 aromatic carbocycles. The van der Waals surface area contributed by atoms with Crippen molar-refractivity contribution in [3.8, 4) is 0 Å². The zero-order valence-electron chi connectivity index (χ0n) is 17.1. The largest absolute Gasteiger partial charge is 0.322 e. The number of nitrogens with one attached hydrogen (secondary N) is 2. The van der Waals surface area contributed by atoms with Crippen LogP contribution in [0.3, 0.4) is 0 Å². The Kier molecular flexibility index (Phi) is 5.07. The number of hydrogen-bond donors (Lipinski definition) is 2. The van der Waals surface area contributed by atoms with Crippen LogP contribution in [0.2, 0.25) is 0 Å². The van der Waals surface area contributed by atoms with Crippen molar-refractivity contribution in [3.05, 3.63) is 78.5 Å². The smallest absolute Gasteiger partial charge is 0.262 e. The average molecular weight is 445 g/mol. The first kappa shape index (κ1) is 20.1. The molecule has 0 bridgehead atoms. The van der Waals surface area contributed by atoms with Crippen LogP contribution in [0.5, 0.6) is 0 Å². The van der Waals surface area contributed by atoms with Crippen molar-refractivity contribution in [1.82, 2.24) is 9.71 Å².